The number of imidazole rings is 1. The Balaban J connectivity index is 1.98. The molecule has 154 valence electrons. The highest BCUT2D eigenvalue weighted by molar-refractivity contribution is 9.10. The predicted molar refractivity (Wildman–Crippen MR) is 109 cm³/mol. The number of H-pyrrole nitrogens is 1. The van der Waals surface area contributed by atoms with Gasteiger partial charge in [0.1, 0.15) is 11.3 Å². The van der Waals surface area contributed by atoms with Crippen molar-refractivity contribution in [3.8, 4) is 0 Å². The molecule has 0 aliphatic carbocycles. The lowest BCUT2D eigenvalue weighted by Gasteiger charge is -2.10. The van der Waals surface area contributed by atoms with E-state index in [4.69, 9.17) is 0 Å². The second-order valence-electron chi connectivity index (χ2n) is 6.46. The van der Waals surface area contributed by atoms with Gasteiger partial charge in [0, 0.05) is 24.3 Å². The summed E-state index contributed by atoms with van der Waals surface area (Å²) in [6.07, 6.45) is 0. The topological polar surface area (TPSA) is 88.6 Å². The number of aromatic amines is 1. The molecular formula is C18H18BrF3N6O. The van der Waals surface area contributed by atoms with Crippen molar-refractivity contribution in [1.82, 2.24) is 14.9 Å². The zero-order valence-corrected chi connectivity index (χ0v) is 17.1. The van der Waals surface area contributed by atoms with Crippen LogP contribution in [-0.4, -0.2) is 53.1 Å². The first-order chi connectivity index (χ1) is 13.8. The predicted octanol–water partition coefficient (Wildman–Crippen LogP) is 3.96. The maximum absolute atomic E-state index is 14.3. The molecule has 3 aromatic rings. The highest BCUT2D eigenvalue weighted by Crippen LogP contribution is 2.26. The van der Waals surface area contributed by atoms with Crippen LogP contribution in [0.1, 0.15) is 5.56 Å². The third kappa shape index (κ3) is 4.62. The average molecular weight is 471 g/mol. The average Bonchev–Trinajstić information content (AvgIpc) is 3.10. The third-order valence-corrected chi connectivity index (χ3v) is 4.66. The zero-order valence-electron chi connectivity index (χ0n) is 15.5. The molecule has 1 heterocycles. The molecule has 0 bridgehead atoms. The number of oxime groups is 1. The van der Waals surface area contributed by atoms with E-state index in [0.717, 1.165) is 6.07 Å². The van der Waals surface area contributed by atoms with E-state index < -0.39 is 17.5 Å². The molecule has 0 aliphatic heterocycles. The fourth-order valence-electron chi connectivity index (χ4n) is 2.63. The largest absolute Gasteiger partial charge is 0.409 e. The van der Waals surface area contributed by atoms with Crippen molar-refractivity contribution in [2.24, 2.45) is 5.16 Å². The number of hydrogen-bond acceptors (Lipinski definition) is 5. The lowest BCUT2D eigenvalue weighted by atomic mass is 10.1. The van der Waals surface area contributed by atoms with Crippen molar-refractivity contribution in [3.05, 3.63) is 51.8 Å². The van der Waals surface area contributed by atoms with Gasteiger partial charge in [-0.05, 0) is 54.3 Å². The van der Waals surface area contributed by atoms with E-state index in [9.17, 15) is 18.4 Å². The highest BCUT2D eigenvalue weighted by Gasteiger charge is 2.20. The Labute approximate surface area is 172 Å². The van der Waals surface area contributed by atoms with Crippen molar-refractivity contribution in [2.45, 2.75) is 0 Å². The van der Waals surface area contributed by atoms with Crippen molar-refractivity contribution in [2.75, 3.05) is 37.8 Å². The summed E-state index contributed by atoms with van der Waals surface area (Å²) < 4.78 is 42.0. The van der Waals surface area contributed by atoms with Crippen LogP contribution < -0.4 is 10.6 Å². The Hall–Kier alpha value is -2.79. The SMILES string of the molecule is CN(C)CCNc1nc2c(F)c(F)cc(/C(=N\O)Nc3ccc(F)c(Br)c3)c2[nH]1. The fourth-order valence-corrected chi connectivity index (χ4v) is 3.01. The summed E-state index contributed by atoms with van der Waals surface area (Å²) in [4.78, 5) is 8.88. The molecule has 0 atom stereocenters. The standard InChI is InChI=1S/C18H18BrF3N6O/c1-28(2)6-5-23-18-25-15-10(8-13(21)14(22)16(15)26-18)17(27-29)24-9-3-4-12(20)11(19)7-9/h3-4,7-8,29H,5-6H2,1-2H3,(H,24,27)(H2,23,25,26). The third-order valence-electron chi connectivity index (χ3n) is 4.05. The number of benzene rings is 2. The van der Waals surface area contributed by atoms with E-state index in [1.54, 1.807) is 0 Å². The molecule has 0 aliphatic rings. The van der Waals surface area contributed by atoms with E-state index in [1.165, 1.54) is 18.2 Å². The number of rotatable bonds is 6. The van der Waals surface area contributed by atoms with Crippen LogP contribution in [0.2, 0.25) is 0 Å². The van der Waals surface area contributed by atoms with Crippen LogP contribution in [0.5, 0.6) is 0 Å². The van der Waals surface area contributed by atoms with Gasteiger partial charge in [0.25, 0.3) is 0 Å². The summed E-state index contributed by atoms with van der Waals surface area (Å²) in [6, 6.07) is 4.91. The quantitative estimate of drug-likeness (QED) is 0.189. The fraction of sp³-hybridized carbons (Fsp3) is 0.222. The normalized spacial score (nSPS) is 12.0. The van der Waals surface area contributed by atoms with Gasteiger partial charge in [-0.2, -0.15) is 0 Å². The second kappa shape index (κ2) is 8.70. The van der Waals surface area contributed by atoms with Crippen LogP contribution in [0, 0.1) is 17.5 Å². The Morgan fingerprint density at radius 2 is 2.00 bits per heavy atom. The van der Waals surface area contributed by atoms with Gasteiger partial charge in [0.05, 0.1) is 9.99 Å². The molecule has 0 saturated carbocycles. The summed E-state index contributed by atoms with van der Waals surface area (Å²) >= 11 is 3.06. The molecule has 0 spiro atoms. The summed E-state index contributed by atoms with van der Waals surface area (Å²) in [5, 5.41) is 18.4. The molecular weight excluding hydrogens is 453 g/mol. The Kier molecular flexibility index (Phi) is 6.28. The first-order valence-corrected chi connectivity index (χ1v) is 9.30. The Morgan fingerprint density at radius 3 is 2.66 bits per heavy atom. The molecule has 0 radical (unpaired) electrons. The van der Waals surface area contributed by atoms with E-state index in [2.05, 4.69) is 41.7 Å². The Bertz CT molecular complexity index is 1070. The Morgan fingerprint density at radius 1 is 1.24 bits per heavy atom. The summed E-state index contributed by atoms with van der Waals surface area (Å²) in [5.74, 6) is -2.68. The zero-order chi connectivity index (χ0) is 21.1. The lowest BCUT2D eigenvalue weighted by Crippen LogP contribution is -2.21. The number of nitrogens with zero attached hydrogens (tertiary/aromatic N) is 3. The molecule has 3 rings (SSSR count). The number of likely N-dealkylation sites (N-methyl/N-ethyl adjacent to an activating group) is 1. The molecule has 11 heteroatoms. The second-order valence-corrected chi connectivity index (χ2v) is 7.32. The van der Waals surface area contributed by atoms with Crippen molar-refractivity contribution >= 4 is 44.4 Å². The van der Waals surface area contributed by atoms with Gasteiger partial charge in [-0.15, -0.1) is 0 Å². The number of aromatic nitrogens is 2. The van der Waals surface area contributed by atoms with Gasteiger partial charge in [-0.3, -0.25) is 0 Å². The van der Waals surface area contributed by atoms with Crippen LogP contribution in [-0.2, 0) is 0 Å². The number of fused-ring (bicyclic) bond motifs is 1. The van der Waals surface area contributed by atoms with E-state index in [0.29, 0.717) is 18.8 Å². The minimum absolute atomic E-state index is 0.0509. The van der Waals surface area contributed by atoms with Crippen molar-refractivity contribution < 1.29 is 18.4 Å². The molecule has 2 aromatic carbocycles. The number of anilines is 2. The van der Waals surface area contributed by atoms with E-state index in [-0.39, 0.29) is 32.9 Å². The van der Waals surface area contributed by atoms with Crippen LogP contribution in [0.4, 0.5) is 24.8 Å². The first kappa shape index (κ1) is 20.9. The minimum atomic E-state index is -1.15. The van der Waals surface area contributed by atoms with Crippen LogP contribution in [0.15, 0.2) is 33.9 Å². The molecule has 0 unspecified atom stereocenters. The van der Waals surface area contributed by atoms with Gasteiger partial charge in [-0.25, -0.2) is 18.2 Å². The maximum atomic E-state index is 14.3. The minimum Gasteiger partial charge on any atom is -0.409 e. The molecule has 4 N–H and O–H groups in total. The molecule has 29 heavy (non-hydrogen) atoms. The van der Waals surface area contributed by atoms with E-state index in [1.807, 2.05) is 19.0 Å². The molecule has 1 aromatic heterocycles. The monoisotopic (exact) mass is 470 g/mol. The summed E-state index contributed by atoms with van der Waals surface area (Å²) in [7, 11) is 3.80. The highest BCUT2D eigenvalue weighted by atomic mass is 79.9. The first-order valence-electron chi connectivity index (χ1n) is 8.51. The van der Waals surface area contributed by atoms with Crippen molar-refractivity contribution in [3.63, 3.8) is 0 Å². The molecule has 7 nitrogen and oxygen atoms in total. The van der Waals surface area contributed by atoms with E-state index >= 15 is 0 Å². The van der Waals surface area contributed by atoms with Gasteiger partial charge >= 0.3 is 0 Å². The smallest absolute Gasteiger partial charge is 0.201 e. The van der Waals surface area contributed by atoms with Gasteiger partial charge < -0.3 is 25.7 Å². The summed E-state index contributed by atoms with van der Waals surface area (Å²) in [6.45, 7) is 1.22. The number of amidine groups is 1. The summed E-state index contributed by atoms with van der Waals surface area (Å²) in [5.41, 5.74) is 0.316. The van der Waals surface area contributed by atoms with Gasteiger partial charge in [-0.1, -0.05) is 5.16 Å². The number of hydrogen-bond donors (Lipinski definition) is 4. The van der Waals surface area contributed by atoms with Gasteiger partial charge in [0.2, 0.25) is 5.95 Å². The van der Waals surface area contributed by atoms with Crippen LogP contribution in [0.3, 0.4) is 0 Å². The molecule has 0 saturated heterocycles. The number of nitrogens with one attached hydrogen (secondary N) is 3. The van der Waals surface area contributed by atoms with Crippen LogP contribution >= 0.6 is 15.9 Å². The van der Waals surface area contributed by atoms with Gasteiger partial charge in [0.15, 0.2) is 17.5 Å². The number of halogens is 4. The lowest BCUT2D eigenvalue weighted by molar-refractivity contribution is 0.319. The maximum Gasteiger partial charge on any atom is 0.201 e. The molecule has 0 fully saturated rings. The molecule has 0 amide bonds. The van der Waals surface area contributed by atoms with Crippen molar-refractivity contribution in [1.29, 1.82) is 0 Å². The van der Waals surface area contributed by atoms with Crippen LogP contribution in [0.25, 0.3) is 11.0 Å².